The maximum Gasteiger partial charge on any atom is 0.322 e. The molecule has 0 saturated carbocycles. The lowest BCUT2D eigenvalue weighted by atomic mass is 10.1. The minimum atomic E-state index is -0.720. The second-order valence-corrected chi connectivity index (χ2v) is 3.09. The average molecular weight is 254 g/mol. The summed E-state index contributed by atoms with van der Waals surface area (Å²) in [5, 5.41) is 21.3. The minimum Gasteiger partial charge on any atom is -0.496 e. The molecule has 0 fully saturated rings. The summed E-state index contributed by atoms with van der Waals surface area (Å²) in [7, 11) is 2.59. The molecule has 0 spiro atoms. The van der Waals surface area contributed by atoms with Gasteiger partial charge in [0.2, 0.25) is 6.20 Å². The predicted octanol–water partition coefficient (Wildman–Crippen LogP) is 1.86. The lowest BCUT2D eigenvalue weighted by molar-refractivity contribution is -0.401. The van der Waals surface area contributed by atoms with Crippen LogP contribution in [0.2, 0.25) is 0 Å². The Morgan fingerprint density at radius 1 is 1.11 bits per heavy atom. The Labute approximate surface area is 102 Å². The molecule has 0 aromatic heterocycles. The largest absolute Gasteiger partial charge is 0.496 e. The molecule has 0 saturated heterocycles. The summed E-state index contributed by atoms with van der Waals surface area (Å²) in [4.78, 5) is 19.9. The number of hydrogen-bond acceptors (Lipinski definition) is 6. The van der Waals surface area contributed by atoms with Crippen LogP contribution < -0.4 is 9.47 Å². The van der Waals surface area contributed by atoms with Crippen LogP contribution >= 0.6 is 0 Å². The van der Waals surface area contributed by atoms with E-state index in [1.807, 2.05) is 0 Å². The molecule has 0 aliphatic carbocycles. The first kappa shape index (κ1) is 13.4. The first-order valence-electron chi connectivity index (χ1n) is 4.72. The number of methoxy groups -OCH3 is 2. The van der Waals surface area contributed by atoms with Crippen molar-refractivity contribution in [1.82, 2.24) is 0 Å². The third kappa shape index (κ3) is 2.73. The van der Waals surface area contributed by atoms with E-state index in [1.165, 1.54) is 26.4 Å². The van der Waals surface area contributed by atoms with Crippen molar-refractivity contribution >= 4 is 11.8 Å². The molecule has 8 heteroatoms. The van der Waals surface area contributed by atoms with Gasteiger partial charge < -0.3 is 9.47 Å². The molecule has 1 rings (SSSR count). The van der Waals surface area contributed by atoms with Gasteiger partial charge in [0.25, 0.3) is 0 Å². The third-order valence-corrected chi connectivity index (χ3v) is 2.13. The number of benzene rings is 1. The Bertz CT molecular complexity index is 511. The van der Waals surface area contributed by atoms with Crippen LogP contribution in [0, 0.1) is 20.2 Å². The van der Waals surface area contributed by atoms with Crippen molar-refractivity contribution in [2.45, 2.75) is 0 Å². The molecule has 0 bridgehead atoms. The van der Waals surface area contributed by atoms with Crippen molar-refractivity contribution in [2.24, 2.45) is 0 Å². The number of nitro groups is 2. The van der Waals surface area contributed by atoms with Crippen molar-refractivity contribution < 1.29 is 19.3 Å². The molecule has 18 heavy (non-hydrogen) atoms. The Morgan fingerprint density at radius 2 is 1.67 bits per heavy atom. The second-order valence-electron chi connectivity index (χ2n) is 3.09. The summed E-state index contributed by atoms with van der Waals surface area (Å²) in [6, 6.07) is 2.80. The molecule has 0 N–H and O–H groups in total. The molecule has 8 nitrogen and oxygen atoms in total. The molecule has 0 amide bonds. The maximum absolute atomic E-state index is 11.0. The topological polar surface area (TPSA) is 105 Å². The van der Waals surface area contributed by atoms with E-state index in [9.17, 15) is 20.2 Å². The van der Waals surface area contributed by atoms with Crippen molar-refractivity contribution in [2.75, 3.05) is 14.2 Å². The minimum absolute atomic E-state index is 0.00352. The fraction of sp³-hybridized carbons (Fsp3) is 0.200. The van der Waals surface area contributed by atoms with Crippen LogP contribution in [-0.4, -0.2) is 24.1 Å². The van der Waals surface area contributed by atoms with Crippen molar-refractivity contribution in [3.63, 3.8) is 0 Å². The highest BCUT2D eigenvalue weighted by atomic mass is 16.6. The molecule has 1 aromatic rings. The summed E-state index contributed by atoms with van der Waals surface area (Å²) in [6.07, 6.45) is 1.60. The molecule has 0 unspecified atom stereocenters. The van der Waals surface area contributed by atoms with Gasteiger partial charge in [-0.1, -0.05) is 0 Å². The zero-order valence-electron chi connectivity index (χ0n) is 9.65. The van der Waals surface area contributed by atoms with Gasteiger partial charge in [-0.25, -0.2) is 0 Å². The van der Waals surface area contributed by atoms with Crippen LogP contribution in [0.3, 0.4) is 0 Å². The van der Waals surface area contributed by atoms with Crippen molar-refractivity contribution in [3.8, 4) is 11.5 Å². The summed E-state index contributed by atoms with van der Waals surface area (Å²) in [6.45, 7) is 0. The van der Waals surface area contributed by atoms with Gasteiger partial charge in [0.05, 0.1) is 24.1 Å². The Morgan fingerprint density at radius 3 is 2.11 bits per heavy atom. The molecule has 0 radical (unpaired) electrons. The molecular weight excluding hydrogens is 244 g/mol. The van der Waals surface area contributed by atoms with Gasteiger partial charge in [-0.2, -0.15) is 0 Å². The molecule has 0 aliphatic heterocycles. The first-order chi connectivity index (χ1) is 8.51. The molecule has 0 aliphatic rings. The Hall–Kier alpha value is -2.64. The van der Waals surface area contributed by atoms with E-state index in [1.54, 1.807) is 0 Å². The summed E-state index contributed by atoms with van der Waals surface area (Å²) in [5.74, 6) is 0.157. The molecule has 0 heterocycles. The normalized spacial score (nSPS) is 10.3. The highest BCUT2D eigenvalue weighted by molar-refractivity contribution is 5.71. The standard InChI is InChI=1S/C10H10N2O6/c1-17-8-3-4-9(18-2)10(12(15)16)7(8)5-6-11(13)14/h3-6H,1-2H3. The van der Waals surface area contributed by atoms with Crippen LogP contribution in [0.25, 0.3) is 6.08 Å². The van der Waals surface area contributed by atoms with Crippen LogP contribution in [0.5, 0.6) is 11.5 Å². The van der Waals surface area contributed by atoms with E-state index >= 15 is 0 Å². The number of hydrogen-bond donors (Lipinski definition) is 0. The average Bonchev–Trinajstić information content (AvgIpc) is 2.34. The van der Waals surface area contributed by atoms with Gasteiger partial charge >= 0.3 is 5.69 Å². The zero-order valence-corrected chi connectivity index (χ0v) is 9.65. The highest BCUT2D eigenvalue weighted by Gasteiger charge is 2.23. The Balaban J connectivity index is 3.50. The van der Waals surface area contributed by atoms with Gasteiger partial charge in [-0.05, 0) is 12.1 Å². The zero-order chi connectivity index (χ0) is 13.7. The molecular formula is C10H10N2O6. The monoisotopic (exact) mass is 254 g/mol. The van der Waals surface area contributed by atoms with Crippen LogP contribution in [0.4, 0.5) is 5.69 Å². The van der Waals surface area contributed by atoms with Crippen LogP contribution in [-0.2, 0) is 0 Å². The Kier molecular flexibility index (Phi) is 4.19. The van der Waals surface area contributed by atoms with E-state index in [-0.39, 0.29) is 22.7 Å². The van der Waals surface area contributed by atoms with Gasteiger partial charge in [0.15, 0.2) is 5.75 Å². The third-order valence-electron chi connectivity index (χ3n) is 2.13. The first-order valence-corrected chi connectivity index (χ1v) is 4.72. The van der Waals surface area contributed by atoms with Crippen molar-refractivity contribution in [1.29, 1.82) is 0 Å². The van der Waals surface area contributed by atoms with Gasteiger partial charge in [0, 0.05) is 6.08 Å². The summed E-state index contributed by atoms with van der Waals surface area (Å²) in [5.41, 5.74) is -0.395. The maximum atomic E-state index is 11.0. The highest BCUT2D eigenvalue weighted by Crippen LogP contribution is 2.37. The summed E-state index contributed by atoms with van der Waals surface area (Å²) >= 11 is 0. The van der Waals surface area contributed by atoms with Gasteiger partial charge in [-0.3, -0.25) is 20.2 Å². The number of rotatable bonds is 5. The van der Waals surface area contributed by atoms with E-state index < -0.39 is 9.85 Å². The number of nitrogens with zero attached hydrogens (tertiary/aromatic N) is 2. The lowest BCUT2D eigenvalue weighted by Crippen LogP contribution is -1.99. The number of ether oxygens (including phenoxy) is 2. The lowest BCUT2D eigenvalue weighted by Gasteiger charge is -2.08. The smallest absolute Gasteiger partial charge is 0.322 e. The van der Waals surface area contributed by atoms with Crippen molar-refractivity contribution in [3.05, 3.63) is 44.1 Å². The fourth-order valence-corrected chi connectivity index (χ4v) is 1.40. The molecule has 0 atom stereocenters. The fourth-order valence-electron chi connectivity index (χ4n) is 1.40. The van der Waals surface area contributed by atoms with E-state index in [2.05, 4.69) is 0 Å². The second kappa shape index (κ2) is 5.62. The van der Waals surface area contributed by atoms with E-state index in [4.69, 9.17) is 9.47 Å². The van der Waals surface area contributed by atoms with Gasteiger partial charge in [0.1, 0.15) is 11.3 Å². The van der Waals surface area contributed by atoms with Crippen LogP contribution in [0.1, 0.15) is 5.56 Å². The molecule has 96 valence electrons. The van der Waals surface area contributed by atoms with E-state index in [0.29, 0.717) is 6.20 Å². The van der Waals surface area contributed by atoms with E-state index in [0.717, 1.165) is 6.08 Å². The summed E-state index contributed by atoms with van der Waals surface area (Å²) < 4.78 is 9.79. The quantitative estimate of drug-likeness (QED) is 0.586. The SMILES string of the molecule is COc1ccc(OC)c([N+](=O)[O-])c1C=C[N+](=O)[O-]. The van der Waals surface area contributed by atoms with Gasteiger partial charge in [-0.15, -0.1) is 0 Å². The predicted molar refractivity (Wildman–Crippen MR) is 62.2 cm³/mol. The van der Waals surface area contributed by atoms with Crippen LogP contribution in [0.15, 0.2) is 18.3 Å². The molecule has 1 aromatic carbocycles. The number of nitro benzene ring substituents is 1.